The lowest BCUT2D eigenvalue weighted by Gasteiger charge is -2.32. The van der Waals surface area contributed by atoms with Crippen LogP contribution in [0.3, 0.4) is 0 Å². The molecule has 1 N–H and O–H groups in total. The third kappa shape index (κ3) is 5.22. The monoisotopic (exact) mass is 444 g/mol. The number of alkyl halides is 3. The van der Waals surface area contributed by atoms with Crippen LogP contribution in [0.5, 0.6) is 0 Å². The lowest BCUT2D eigenvalue weighted by atomic mass is 10.0. The molecule has 3 rings (SSSR count). The van der Waals surface area contributed by atoms with E-state index in [9.17, 15) is 22.8 Å². The second-order valence-corrected chi connectivity index (χ2v) is 7.58. The number of benzene rings is 2. The number of amides is 2. The topological polar surface area (TPSA) is 49.4 Å². The number of carbonyl (C=O) groups is 2. The Balaban J connectivity index is 1.55. The Morgan fingerprint density at radius 2 is 1.62 bits per heavy atom. The van der Waals surface area contributed by atoms with Crippen molar-refractivity contribution in [2.24, 2.45) is 0 Å². The summed E-state index contributed by atoms with van der Waals surface area (Å²) in [4.78, 5) is 26.5. The molecule has 0 unspecified atom stereocenters. The highest BCUT2D eigenvalue weighted by Gasteiger charge is 2.30. The molecule has 0 aliphatic carbocycles. The summed E-state index contributed by atoms with van der Waals surface area (Å²) in [6.45, 7) is 0.853. The number of hydrogen-bond donors (Lipinski definition) is 1. The number of nitrogens with zero attached hydrogens (tertiary/aromatic N) is 1. The highest BCUT2D eigenvalue weighted by atomic mass is 35.5. The predicted octanol–water partition coefficient (Wildman–Crippen LogP) is 5.05. The third-order valence-corrected chi connectivity index (χ3v) is 5.30. The summed E-state index contributed by atoms with van der Waals surface area (Å²) >= 11 is 11.9. The predicted molar refractivity (Wildman–Crippen MR) is 104 cm³/mol. The van der Waals surface area contributed by atoms with Crippen LogP contribution in [-0.2, 0) is 6.18 Å². The van der Waals surface area contributed by atoms with Gasteiger partial charge in [-0.1, -0.05) is 23.2 Å². The minimum absolute atomic E-state index is 0.157. The largest absolute Gasteiger partial charge is 0.416 e. The van der Waals surface area contributed by atoms with E-state index < -0.39 is 17.6 Å². The molecule has 0 spiro atoms. The van der Waals surface area contributed by atoms with Gasteiger partial charge in [0.25, 0.3) is 11.8 Å². The number of nitrogens with one attached hydrogen (secondary N) is 1. The first-order valence-corrected chi connectivity index (χ1v) is 9.63. The van der Waals surface area contributed by atoms with E-state index in [1.807, 2.05) is 0 Å². The fourth-order valence-corrected chi connectivity index (χ4v) is 3.63. The second-order valence-electron chi connectivity index (χ2n) is 6.74. The van der Waals surface area contributed by atoms with Crippen LogP contribution < -0.4 is 5.32 Å². The molecule has 0 aromatic heterocycles. The molecule has 1 heterocycles. The Hall–Kier alpha value is -2.25. The van der Waals surface area contributed by atoms with E-state index in [-0.39, 0.29) is 22.5 Å². The first kappa shape index (κ1) is 21.5. The van der Waals surface area contributed by atoms with Crippen LogP contribution >= 0.6 is 23.2 Å². The normalized spacial score (nSPS) is 15.3. The van der Waals surface area contributed by atoms with Gasteiger partial charge in [-0.05, 0) is 55.3 Å². The van der Waals surface area contributed by atoms with E-state index in [0.29, 0.717) is 36.5 Å². The van der Waals surface area contributed by atoms with Gasteiger partial charge >= 0.3 is 6.18 Å². The molecule has 1 aliphatic rings. The summed E-state index contributed by atoms with van der Waals surface area (Å²) in [6, 6.07) is 8.57. The van der Waals surface area contributed by atoms with E-state index in [1.54, 1.807) is 17.0 Å². The fourth-order valence-electron chi connectivity index (χ4n) is 3.14. The SMILES string of the molecule is O=C(NC1CCN(C(=O)c2ccc(Cl)cc2Cl)CC1)c1ccc(C(F)(F)F)cc1. The maximum atomic E-state index is 12.6. The highest BCUT2D eigenvalue weighted by Crippen LogP contribution is 2.29. The van der Waals surface area contributed by atoms with Crippen LogP contribution in [0.2, 0.25) is 10.0 Å². The average Bonchev–Trinajstić information content (AvgIpc) is 2.67. The molecule has 0 atom stereocenters. The molecule has 2 amide bonds. The van der Waals surface area contributed by atoms with E-state index >= 15 is 0 Å². The van der Waals surface area contributed by atoms with Crippen molar-refractivity contribution in [2.45, 2.75) is 25.1 Å². The van der Waals surface area contributed by atoms with Gasteiger partial charge in [-0.25, -0.2) is 0 Å². The minimum atomic E-state index is -4.44. The first-order valence-electron chi connectivity index (χ1n) is 8.87. The van der Waals surface area contributed by atoms with Crippen molar-refractivity contribution in [1.29, 1.82) is 0 Å². The van der Waals surface area contributed by atoms with Gasteiger partial charge in [-0.2, -0.15) is 13.2 Å². The van der Waals surface area contributed by atoms with Crippen molar-refractivity contribution in [1.82, 2.24) is 10.2 Å². The van der Waals surface area contributed by atoms with Gasteiger partial charge in [0, 0.05) is 29.7 Å². The summed E-state index contributed by atoms with van der Waals surface area (Å²) in [5.74, 6) is -0.650. The lowest BCUT2D eigenvalue weighted by Crippen LogP contribution is -2.46. The molecule has 0 bridgehead atoms. The number of carbonyl (C=O) groups excluding carboxylic acids is 2. The zero-order chi connectivity index (χ0) is 21.2. The van der Waals surface area contributed by atoms with Crippen LogP contribution in [0.1, 0.15) is 39.1 Å². The van der Waals surface area contributed by atoms with Gasteiger partial charge < -0.3 is 10.2 Å². The Labute approximate surface area is 175 Å². The van der Waals surface area contributed by atoms with Crippen molar-refractivity contribution in [2.75, 3.05) is 13.1 Å². The summed E-state index contributed by atoms with van der Waals surface area (Å²) in [6.07, 6.45) is -3.38. The summed E-state index contributed by atoms with van der Waals surface area (Å²) < 4.78 is 37.8. The van der Waals surface area contributed by atoms with Gasteiger partial charge in [-0.3, -0.25) is 9.59 Å². The molecule has 2 aromatic rings. The smallest absolute Gasteiger partial charge is 0.349 e. The lowest BCUT2D eigenvalue weighted by molar-refractivity contribution is -0.137. The minimum Gasteiger partial charge on any atom is -0.349 e. The average molecular weight is 445 g/mol. The molecular weight excluding hydrogens is 428 g/mol. The van der Waals surface area contributed by atoms with Crippen molar-refractivity contribution in [3.05, 3.63) is 69.2 Å². The van der Waals surface area contributed by atoms with Crippen LogP contribution in [-0.4, -0.2) is 35.8 Å². The summed E-state index contributed by atoms with van der Waals surface area (Å²) in [7, 11) is 0. The number of rotatable bonds is 3. The number of piperidine rings is 1. The van der Waals surface area contributed by atoms with Gasteiger partial charge in [0.1, 0.15) is 0 Å². The van der Waals surface area contributed by atoms with Crippen LogP contribution in [0.15, 0.2) is 42.5 Å². The van der Waals surface area contributed by atoms with Crippen LogP contribution in [0, 0.1) is 0 Å². The molecule has 9 heteroatoms. The van der Waals surface area contributed by atoms with Crippen molar-refractivity contribution in [3.63, 3.8) is 0 Å². The van der Waals surface area contributed by atoms with Gasteiger partial charge in [-0.15, -0.1) is 0 Å². The standard InChI is InChI=1S/C20H17Cl2F3N2O2/c21-14-5-6-16(17(22)11-14)19(29)27-9-7-15(8-10-27)26-18(28)12-1-3-13(4-2-12)20(23,24)25/h1-6,11,15H,7-10H2,(H,26,28). The molecule has 1 fully saturated rings. The van der Waals surface area contributed by atoms with Crippen molar-refractivity contribution >= 4 is 35.0 Å². The molecule has 1 aliphatic heterocycles. The maximum absolute atomic E-state index is 12.6. The number of hydrogen-bond acceptors (Lipinski definition) is 2. The molecule has 154 valence electrons. The Morgan fingerprint density at radius 1 is 1.00 bits per heavy atom. The van der Waals surface area contributed by atoms with Crippen LogP contribution in [0.25, 0.3) is 0 Å². The van der Waals surface area contributed by atoms with Gasteiger partial charge in [0.2, 0.25) is 0 Å². The van der Waals surface area contributed by atoms with E-state index in [0.717, 1.165) is 24.3 Å². The molecular formula is C20H17Cl2F3N2O2. The molecule has 4 nitrogen and oxygen atoms in total. The molecule has 0 radical (unpaired) electrons. The summed E-state index contributed by atoms with van der Waals surface area (Å²) in [5, 5.41) is 3.53. The highest BCUT2D eigenvalue weighted by molar-refractivity contribution is 6.36. The maximum Gasteiger partial charge on any atom is 0.416 e. The quantitative estimate of drug-likeness (QED) is 0.720. The van der Waals surface area contributed by atoms with E-state index in [1.165, 1.54) is 6.07 Å². The first-order chi connectivity index (χ1) is 13.6. The van der Waals surface area contributed by atoms with E-state index in [4.69, 9.17) is 23.2 Å². The summed E-state index contributed by atoms with van der Waals surface area (Å²) in [5.41, 5.74) is -0.283. The molecule has 2 aromatic carbocycles. The van der Waals surface area contributed by atoms with Gasteiger partial charge in [0.05, 0.1) is 16.1 Å². The number of halogens is 5. The molecule has 0 saturated carbocycles. The van der Waals surface area contributed by atoms with Gasteiger partial charge in [0.15, 0.2) is 0 Å². The van der Waals surface area contributed by atoms with Crippen LogP contribution in [0.4, 0.5) is 13.2 Å². The Kier molecular flexibility index (Phi) is 6.39. The third-order valence-electron chi connectivity index (χ3n) is 4.75. The Morgan fingerprint density at radius 3 is 2.17 bits per heavy atom. The fraction of sp³-hybridized carbons (Fsp3) is 0.300. The van der Waals surface area contributed by atoms with E-state index in [2.05, 4.69) is 5.32 Å². The molecule has 29 heavy (non-hydrogen) atoms. The van der Waals surface area contributed by atoms with Crippen molar-refractivity contribution in [3.8, 4) is 0 Å². The number of likely N-dealkylation sites (tertiary alicyclic amines) is 1. The van der Waals surface area contributed by atoms with Crippen molar-refractivity contribution < 1.29 is 22.8 Å². The Bertz CT molecular complexity index is 909. The zero-order valence-electron chi connectivity index (χ0n) is 15.1. The second kappa shape index (κ2) is 8.63. The zero-order valence-corrected chi connectivity index (χ0v) is 16.6. The molecule has 1 saturated heterocycles.